The molecule has 6 nitrogen and oxygen atoms in total. The first-order valence-corrected chi connectivity index (χ1v) is 9.10. The van der Waals surface area contributed by atoms with Crippen molar-refractivity contribution in [1.29, 1.82) is 10.5 Å². The molecule has 1 atom stereocenters. The van der Waals surface area contributed by atoms with Crippen LogP contribution in [0.4, 0.5) is 11.5 Å². The van der Waals surface area contributed by atoms with Gasteiger partial charge >= 0.3 is 0 Å². The molecule has 1 aromatic carbocycles. The van der Waals surface area contributed by atoms with Crippen LogP contribution in [0.15, 0.2) is 35.4 Å². The van der Waals surface area contributed by atoms with Crippen molar-refractivity contribution in [1.82, 2.24) is 4.98 Å². The number of amides is 1. The van der Waals surface area contributed by atoms with Crippen LogP contribution in [0.3, 0.4) is 0 Å². The third kappa shape index (κ3) is 4.75. The third-order valence-electron chi connectivity index (χ3n) is 3.97. The van der Waals surface area contributed by atoms with E-state index in [-0.39, 0.29) is 28.6 Å². The number of carbonyl (C=O) groups is 1. The van der Waals surface area contributed by atoms with E-state index in [4.69, 9.17) is 16.3 Å². The topological polar surface area (TPSA) is 116 Å². The summed E-state index contributed by atoms with van der Waals surface area (Å²) in [4.78, 5) is 16.2. The second kappa shape index (κ2) is 8.89. The molecular weight excluding hydrogens is 346 g/mol. The van der Waals surface area contributed by atoms with Gasteiger partial charge in [-0.2, -0.15) is 10.5 Å². The van der Waals surface area contributed by atoms with Crippen LogP contribution in [0.5, 0.6) is 0 Å². The molecule has 3 N–H and O–H groups in total. The van der Waals surface area contributed by atoms with Crippen LogP contribution in [-0.4, -0.2) is 16.6 Å². The van der Waals surface area contributed by atoms with Gasteiger partial charge in [0.2, 0.25) is 5.91 Å². The minimum Gasteiger partial charge on any atom is -0.383 e. The molecule has 1 amide bonds. The van der Waals surface area contributed by atoms with Crippen LogP contribution in [0.25, 0.3) is 0 Å². The molecule has 2 rings (SSSR count). The molecule has 0 spiro atoms. The summed E-state index contributed by atoms with van der Waals surface area (Å²) >= 11 is 1.11. The maximum Gasteiger partial charge on any atom is 0.234 e. The van der Waals surface area contributed by atoms with Crippen molar-refractivity contribution in [3.05, 3.63) is 47.0 Å². The SMILES string of the molecule is CC[C@H](C)c1ccc(NC(=O)CSc2nc(N)c(C#N)cc2C#N)cc1. The quantitative estimate of drug-likeness (QED) is 0.755. The summed E-state index contributed by atoms with van der Waals surface area (Å²) in [5.74, 6) is 0.405. The van der Waals surface area contributed by atoms with Crippen LogP contribution >= 0.6 is 11.8 Å². The number of aromatic nitrogens is 1. The highest BCUT2D eigenvalue weighted by Gasteiger charge is 2.12. The number of rotatable bonds is 6. The zero-order valence-electron chi connectivity index (χ0n) is 14.6. The van der Waals surface area contributed by atoms with Gasteiger partial charge in [0.25, 0.3) is 0 Å². The van der Waals surface area contributed by atoms with Crippen molar-refractivity contribution in [2.75, 3.05) is 16.8 Å². The molecular formula is C19H19N5OS. The molecule has 0 saturated carbocycles. The Balaban J connectivity index is 2.00. The molecule has 1 heterocycles. The van der Waals surface area contributed by atoms with Crippen molar-refractivity contribution in [2.24, 2.45) is 0 Å². The Labute approximate surface area is 157 Å². The molecule has 1 aromatic heterocycles. The number of benzene rings is 1. The summed E-state index contributed by atoms with van der Waals surface area (Å²) in [6, 6.07) is 13.0. The van der Waals surface area contributed by atoms with E-state index < -0.39 is 0 Å². The van der Waals surface area contributed by atoms with Crippen LogP contribution in [0.2, 0.25) is 0 Å². The minimum absolute atomic E-state index is 0.0510. The maximum atomic E-state index is 12.1. The number of nitrogen functional groups attached to an aromatic ring is 1. The molecule has 26 heavy (non-hydrogen) atoms. The molecule has 0 bridgehead atoms. The van der Waals surface area contributed by atoms with Crippen molar-refractivity contribution >= 4 is 29.2 Å². The number of nitriles is 2. The van der Waals surface area contributed by atoms with Gasteiger partial charge in [-0.25, -0.2) is 4.98 Å². The zero-order valence-corrected chi connectivity index (χ0v) is 15.4. The van der Waals surface area contributed by atoms with Gasteiger partial charge in [-0.3, -0.25) is 4.79 Å². The van der Waals surface area contributed by atoms with Gasteiger partial charge in [0.1, 0.15) is 23.0 Å². The highest BCUT2D eigenvalue weighted by Crippen LogP contribution is 2.24. The van der Waals surface area contributed by atoms with Gasteiger partial charge in [-0.1, -0.05) is 37.7 Å². The van der Waals surface area contributed by atoms with E-state index in [2.05, 4.69) is 24.1 Å². The van der Waals surface area contributed by atoms with E-state index in [9.17, 15) is 4.79 Å². The lowest BCUT2D eigenvalue weighted by Gasteiger charge is -2.10. The lowest BCUT2D eigenvalue weighted by Crippen LogP contribution is -2.14. The van der Waals surface area contributed by atoms with Crippen molar-refractivity contribution in [2.45, 2.75) is 31.2 Å². The molecule has 0 aliphatic heterocycles. The lowest BCUT2D eigenvalue weighted by atomic mass is 9.99. The van der Waals surface area contributed by atoms with Crippen molar-refractivity contribution in [3.8, 4) is 12.1 Å². The number of carbonyl (C=O) groups excluding carboxylic acids is 1. The summed E-state index contributed by atoms with van der Waals surface area (Å²) in [7, 11) is 0. The second-order valence-electron chi connectivity index (χ2n) is 5.77. The molecule has 132 valence electrons. The molecule has 0 aliphatic rings. The highest BCUT2D eigenvalue weighted by atomic mass is 32.2. The molecule has 0 aliphatic carbocycles. The van der Waals surface area contributed by atoms with Crippen LogP contribution in [-0.2, 0) is 4.79 Å². The smallest absolute Gasteiger partial charge is 0.234 e. The summed E-state index contributed by atoms with van der Waals surface area (Å²) < 4.78 is 0. The van der Waals surface area contributed by atoms with Gasteiger partial charge in [0.05, 0.1) is 16.9 Å². The summed E-state index contributed by atoms with van der Waals surface area (Å²) in [5.41, 5.74) is 8.01. The van der Waals surface area contributed by atoms with Crippen LogP contribution in [0, 0.1) is 22.7 Å². The average molecular weight is 365 g/mol. The van der Waals surface area contributed by atoms with E-state index in [0.29, 0.717) is 10.9 Å². The molecule has 0 unspecified atom stereocenters. The van der Waals surface area contributed by atoms with Crippen LogP contribution < -0.4 is 11.1 Å². The minimum atomic E-state index is -0.208. The maximum absolute atomic E-state index is 12.1. The summed E-state index contributed by atoms with van der Waals surface area (Å²) in [6.07, 6.45) is 1.06. The fourth-order valence-electron chi connectivity index (χ4n) is 2.25. The van der Waals surface area contributed by atoms with Gasteiger partial charge in [-0.05, 0) is 36.1 Å². The third-order valence-corrected chi connectivity index (χ3v) is 4.96. The van der Waals surface area contributed by atoms with E-state index >= 15 is 0 Å². The standard InChI is InChI=1S/C19H19N5OS/c1-3-12(2)13-4-6-16(7-5-13)23-17(25)11-26-19-15(10-21)8-14(9-20)18(22)24-19/h4-8,12H,3,11H2,1-2H3,(H2,22,24)(H,23,25)/t12-/m0/s1. The Kier molecular flexibility index (Phi) is 6.60. The molecule has 0 fully saturated rings. The Morgan fingerprint density at radius 2 is 1.92 bits per heavy atom. The first kappa shape index (κ1) is 19.3. The average Bonchev–Trinajstić information content (AvgIpc) is 2.66. The zero-order chi connectivity index (χ0) is 19.1. The van der Waals surface area contributed by atoms with Crippen LogP contribution in [0.1, 0.15) is 42.9 Å². The molecule has 2 aromatic rings. The van der Waals surface area contributed by atoms with Gasteiger partial charge in [-0.15, -0.1) is 0 Å². The summed E-state index contributed by atoms with van der Waals surface area (Å²) in [5, 5.41) is 21.3. The van der Waals surface area contributed by atoms with E-state index in [1.54, 1.807) is 0 Å². The first-order chi connectivity index (χ1) is 12.5. The van der Waals surface area contributed by atoms with E-state index in [0.717, 1.165) is 23.9 Å². The fraction of sp³-hybridized carbons (Fsp3) is 0.263. The number of nitrogens with one attached hydrogen (secondary N) is 1. The number of pyridine rings is 1. The predicted molar refractivity (Wildman–Crippen MR) is 103 cm³/mol. The normalized spacial score (nSPS) is 11.2. The van der Waals surface area contributed by atoms with Gasteiger partial charge in [0, 0.05) is 5.69 Å². The predicted octanol–water partition coefficient (Wildman–Crippen LogP) is 3.65. The Morgan fingerprint density at radius 1 is 1.27 bits per heavy atom. The number of thioether (sulfide) groups is 1. The number of hydrogen-bond acceptors (Lipinski definition) is 6. The van der Waals surface area contributed by atoms with Gasteiger partial charge in [0.15, 0.2) is 0 Å². The Hall–Kier alpha value is -3.03. The Morgan fingerprint density at radius 3 is 2.50 bits per heavy atom. The largest absolute Gasteiger partial charge is 0.383 e. The summed E-state index contributed by atoms with van der Waals surface area (Å²) in [6.45, 7) is 4.30. The molecule has 7 heteroatoms. The van der Waals surface area contributed by atoms with Crippen molar-refractivity contribution < 1.29 is 4.79 Å². The molecule has 0 radical (unpaired) electrons. The molecule has 0 saturated heterocycles. The van der Waals surface area contributed by atoms with E-state index in [1.807, 2.05) is 36.4 Å². The van der Waals surface area contributed by atoms with Crippen molar-refractivity contribution in [3.63, 3.8) is 0 Å². The Bertz CT molecular complexity index is 881. The highest BCUT2D eigenvalue weighted by molar-refractivity contribution is 8.00. The van der Waals surface area contributed by atoms with Gasteiger partial charge < -0.3 is 11.1 Å². The van der Waals surface area contributed by atoms with E-state index in [1.165, 1.54) is 11.6 Å². The number of hydrogen-bond donors (Lipinski definition) is 2. The number of nitrogens with two attached hydrogens (primary N) is 1. The first-order valence-electron chi connectivity index (χ1n) is 8.11. The fourth-order valence-corrected chi connectivity index (χ4v) is 3.01. The number of anilines is 2. The monoisotopic (exact) mass is 365 g/mol. The second-order valence-corrected chi connectivity index (χ2v) is 6.73. The number of nitrogens with zero attached hydrogens (tertiary/aromatic N) is 3. The lowest BCUT2D eigenvalue weighted by molar-refractivity contribution is -0.113.